The molecule has 16 heavy (non-hydrogen) atoms. The molecule has 0 radical (unpaired) electrons. The van der Waals surface area contributed by atoms with E-state index in [1.165, 1.54) is 0 Å². The molecule has 2 fully saturated rings. The van der Waals surface area contributed by atoms with Crippen molar-refractivity contribution in [3.05, 3.63) is 0 Å². The van der Waals surface area contributed by atoms with E-state index in [9.17, 15) is 4.79 Å². The van der Waals surface area contributed by atoms with Gasteiger partial charge in [-0.3, -0.25) is 4.79 Å². The van der Waals surface area contributed by atoms with Crippen LogP contribution in [-0.2, 0) is 14.3 Å². The van der Waals surface area contributed by atoms with Crippen molar-refractivity contribution in [1.82, 2.24) is 0 Å². The number of ether oxygens (including phenoxy) is 2. The van der Waals surface area contributed by atoms with Crippen LogP contribution in [0.5, 0.6) is 0 Å². The smallest absolute Gasteiger partial charge is 0.306 e. The summed E-state index contributed by atoms with van der Waals surface area (Å²) < 4.78 is 11.2. The summed E-state index contributed by atoms with van der Waals surface area (Å²) in [5, 5.41) is 9.06. The maximum Gasteiger partial charge on any atom is 0.306 e. The fourth-order valence-electron chi connectivity index (χ4n) is 2.79. The minimum Gasteiger partial charge on any atom is -0.481 e. The zero-order valence-corrected chi connectivity index (χ0v) is 9.78. The van der Waals surface area contributed by atoms with Gasteiger partial charge in [-0.2, -0.15) is 0 Å². The molecule has 2 heterocycles. The van der Waals surface area contributed by atoms with Gasteiger partial charge in [-0.1, -0.05) is 6.92 Å². The van der Waals surface area contributed by atoms with E-state index in [2.05, 4.69) is 0 Å². The number of hydrogen-bond acceptors (Lipinski definition) is 3. The summed E-state index contributed by atoms with van der Waals surface area (Å²) in [6.07, 6.45) is 3.57. The maximum absolute atomic E-state index is 11.0. The fourth-order valence-corrected chi connectivity index (χ4v) is 2.79. The first-order valence-electron chi connectivity index (χ1n) is 6.07. The molecule has 2 atom stereocenters. The lowest BCUT2D eigenvalue weighted by atomic mass is 9.76. The van der Waals surface area contributed by atoms with E-state index in [0.29, 0.717) is 6.61 Å². The zero-order valence-electron chi connectivity index (χ0n) is 9.78. The molecule has 1 spiro atoms. The van der Waals surface area contributed by atoms with Gasteiger partial charge in [0.25, 0.3) is 0 Å². The Labute approximate surface area is 95.9 Å². The summed E-state index contributed by atoms with van der Waals surface area (Å²) in [6.45, 7) is 4.00. The first kappa shape index (κ1) is 11.9. The SMILES string of the molecule is CC(C(=O)O)C1CCOC2(CCOCC2)C1. The van der Waals surface area contributed by atoms with Crippen molar-refractivity contribution in [2.45, 2.75) is 38.2 Å². The monoisotopic (exact) mass is 228 g/mol. The largest absolute Gasteiger partial charge is 0.481 e. The van der Waals surface area contributed by atoms with Gasteiger partial charge in [-0.15, -0.1) is 0 Å². The highest BCUT2D eigenvalue weighted by Crippen LogP contribution is 2.39. The predicted molar refractivity (Wildman–Crippen MR) is 58.3 cm³/mol. The van der Waals surface area contributed by atoms with Crippen molar-refractivity contribution >= 4 is 5.97 Å². The first-order chi connectivity index (χ1) is 7.63. The Morgan fingerprint density at radius 1 is 1.38 bits per heavy atom. The van der Waals surface area contributed by atoms with E-state index in [-0.39, 0.29) is 17.4 Å². The van der Waals surface area contributed by atoms with Crippen LogP contribution in [0.4, 0.5) is 0 Å². The van der Waals surface area contributed by atoms with Crippen molar-refractivity contribution in [3.63, 3.8) is 0 Å². The van der Waals surface area contributed by atoms with Crippen LogP contribution in [0.3, 0.4) is 0 Å². The molecule has 0 bridgehead atoms. The molecule has 1 N–H and O–H groups in total. The van der Waals surface area contributed by atoms with Gasteiger partial charge in [0.1, 0.15) is 0 Å². The highest BCUT2D eigenvalue weighted by molar-refractivity contribution is 5.69. The normalized spacial score (nSPS) is 31.2. The van der Waals surface area contributed by atoms with Crippen molar-refractivity contribution < 1.29 is 19.4 Å². The zero-order chi connectivity index (χ0) is 11.6. The molecule has 92 valence electrons. The molecule has 2 aliphatic rings. The van der Waals surface area contributed by atoms with Crippen molar-refractivity contribution in [2.75, 3.05) is 19.8 Å². The lowest BCUT2D eigenvalue weighted by Crippen LogP contribution is -2.46. The van der Waals surface area contributed by atoms with E-state index in [4.69, 9.17) is 14.6 Å². The average molecular weight is 228 g/mol. The molecule has 4 nitrogen and oxygen atoms in total. The second-order valence-corrected chi connectivity index (χ2v) is 5.02. The van der Waals surface area contributed by atoms with E-state index in [1.807, 2.05) is 6.92 Å². The van der Waals surface area contributed by atoms with Gasteiger partial charge in [-0.25, -0.2) is 0 Å². The summed E-state index contributed by atoms with van der Waals surface area (Å²) in [5.41, 5.74) is -0.0924. The molecule has 0 aliphatic carbocycles. The second-order valence-electron chi connectivity index (χ2n) is 5.02. The van der Waals surface area contributed by atoms with E-state index in [0.717, 1.165) is 38.9 Å². The Morgan fingerprint density at radius 2 is 2.06 bits per heavy atom. The minimum absolute atomic E-state index is 0.0924. The molecule has 0 aromatic rings. The van der Waals surface area contributed by atoms with Gasteiger partial charge in [0, 0.05) is 19.8 Å². The summed E-state index contributed by atoms with van der Waals surface area (Å²) >= 11 is 0. The summed E-state index contributed by atoms with van der Waals surface area (Å²) in [6, 6.07) is 0. The molecule has 2 saturated heterocycles. The Hall–Kier alpha value is -0.610. The van der Waals surface area contributed by atoms with Gasteiger partial charge in [0.15, 0.2) is 0 Å². The van der Waals surface area contributed by atoms with Crippen LogP contribution < -0.4 is 0 Å². The minimum atomic E-state index is -0.686. The van der Waals surface area contributed by atoms with E-state index in [1.54, 1.807) is 0 Å². The standard InChI is InChI=1S/C12H20O4/c1-9(11(13)14)10-2-5-16-12(8-10)3-6-15-7-4-12/h9-10H,2-8H2,1H3,(H,13,14). The van der Waals surface area contributed by atoms with E-state index >= 15 is 0 Å². The van der Waals surface area contributed by atoms with Crippen LogP contribution in [0.2, 0.25) is 0 Å². The number of rotatable bonds is 2. The van der Waals surface area contributed by atoms with Crippen molar-refractivity contribution in [1.29, 1.82) is 0 Å². The molecule has 0 saturated carbocycles. The van der Waals surface area contributed by atoms with Gasteiger partial charge < -0.3 is 14.6 Å². The molecular formula is C12H20O4. The van der Waals surface area contributed by atoms with Crippen LogP contribution in [-0.4, -0.2) is 36.5 Å². The van der Waals surface area contributed by atoms with Gasteiger partial charge >= 0.3 is 5.97 Å². The number of hydrogen-bond donors (Lipinski definition) is 1. The lowest BCUT2D eigenvalue weighted by molar-refractivity contribution is -0.162. The van der Waals surface area contributed by atoms with E-state index < -0.39 is 5.97 Å². The predicted octanol–water partition coefficient (Wildman–Crippen LogP) is 1.68. The summed E-state index contributed by atoms with van der Waals surface area (Å²) in [5.74, 6) is -0.693. The van der Waals surface area contributed by atoms with Crippen LogP contribution in [0, 0.1) is 11.8 Å². The number of carboxylic acid groups (broad SMARTS) is 1. The number of aliphatic carboxylic acids is 1. The molecule has 0 amide bonds. The van der Waals surface area contributed by atoms with Crippen LogP contribution in [0.1, 0.15) is 32.6 Å². The Balaban J connectivity index is 2.00. The number of carbonyl (C=O) groups is 1. The molecule has 0 aromatic heterocycles. The molecule has 4 heteroatoms. The quantitative estimate of drug-likeness (QED) is 0.781. The van der Waals surface area contributed by atoms with Crippen molar-refractivity contribution in [3.8, 4) is 0 Å². The highest BCUT2D eigenvalue weighted by Gasteiger charge is 2.41. The third-order valence-corrected chi connectivity index (χ3v) is 4.03. The summed E-state index contributed by atoms with van der Waals surface area (Å²) in [4.78, 5) is 11.0. The van der Waals surface area contributed by atoms with Crippen LogP contribution >= 0.6 is 0 Å². The third kappa shape index (κ3) is 2.38. The Kier molecular flexibility index (Phi) is 3.50. The Bertz CT molecular complexity index is 252. The third-order valence-electron chi connectivity index (χ3n) is 4.03. The lowest BCUT2D eigenvalue weighted by Gasteiger charge is -2.44. The second kappa shape index (κ2) is 4.72. The van der Waals surface area contributed by atoms with Gasteiger partial charge in [-0.05, 0) is 31.6 Å². The molecule has 2 rings (SSSR count). The summed E-state index contributed by atoms with van der Waals surface area (Å²) in [7, 11) is 0. The Morgan fingerprint density at radius 3 is 2.69 bits per heavy atom. The molecule has 0 aromatic carbocycles. The van der Waals surface area contributed by atoms with Gasteiger partial charge in [0.2, 0.25) is 0 Å². The van der Waals surface area contributed by atoms with Gasteiger partial charge in [0.05, 0.1) is 11.5 Å². The molecular weight excluding hydrogens is 208 g/mol. The van der Waals surface area contributed by atoms with Crippen LogP contribution in [0.25, 0.3) is 0 Å². The average Bonchev–Trinajstić information content (AvgIpc) is 2.29. The van der Waals surface area contributed by atoms with Crippen molar-refractivity contribution in [2.24, 2.45) is 11.8 Å². The first-order valence-corrected chi connectivity index (χ1v) is 6.07. The highest BCUT2D eigenvalue weighted by atomic mass is 16.5. The maximum atomic E-state index is 11.0. The van der Waals surface area contributed by atoms with Crippen LogP contribution in [0.15, 0.2) is 0 Å². The topological polar surface area (TPSA) is 55.8 Å². The molecule has 2 aliphatic heterocycles. The fraction of sp³-hybridized carbons (Fsp3) is 0.917. The number of carboxylic acids is 1. The molecule has 2 unspecified atom stereocenters.